The summed E-state index contributed by atoms with van der Waals surface area (Å²) in [5.74, 6) is -1.77. The molecule has 0 saturated carbocycles. The van der Waals surface area contributed by atoms with Gasteiger partial charge in [-0.1, -0.05) is 13.8 Å². The van der Waals surface area contributed by atoms with Gasteiger partial charge in [-0.05, 0) is 36.6 Å². The number of nitrogens with one attached hydrogen (secondary N) is 2. The van der Waals surface area contributed by atoms with E-state index in [2.05, 4.69) is 10.6 Å². The van der Waals surface area contributed by atoms with Crippen molar-refractivity contribution in [3.05, 3.63) is 29.8 Å². The van der Waals surface area contributed by atoms with Crippen molar-refractivity contribution < 1.29 is 19.5 Å². The number of hydrogen-bond acceptors (Lipinski definition) is 3. The second kappa shape index (κ2) is 8.17. The molecule has 22 heavy (non-hydrogen) atoms. The first-order valence-electron chi connectivity index (χ1n) is 7.18. The van der Waals surface area contributed by atoms with Gasteiger partial charge in [0.25, 0.3) is 5.91 Å². The molecule has 1 aromatic carbocycles. The van der Waals surface area contributed by atoms with E-state index in [0.29, 0.717) is 17.7 Å². The van der Waals surface area contributed by atoms with E-state index >= 15 is 0 Å². The summed E-state index contributed by atoms with van der Waals surface area (Å²) in [5.41, 5.74) is 1.02. The predicted molar refractivity (Wildman–Crippen MR) is 83.7 cm³/mol. The molecule has 0 aromatic heterocycles. The Morgan fingerprint density at radius 1 is 1.14 bits per heavy atom. The zero-order valence-electron chi connectivity index (χ0n) is 13.1. The monoisotopic (exact) mass is 306 g/mol. The quantitative estimate of drug-likeness (QED) is 0.719. The average molecular weight is 306 g/mol. The lowest BCUT2D eigenvalue weighted by Gasteiger charge is -2.15. The van der Waals surface area contributed by atoms with Crippen LogP contribution in [0.3, 0.4) is 0 Å². The second-order valence-electron chi connectivity index (χ2n) is 5.63. The van der Waals surface area contributed by atoms with Crippen molar-refractivity contribution in [3.63, 3.8) is 0 Å². The molecule has 0 radical (unpaired) electrons. The Kier molecular flexibility index (Phi) is 6.56. The minimum absolute atomic E-state index is 0.0970. The molecular weight excluding hydrogens is 284 g/mol. The summed E-state index contributed by atoms with van der Waals surface area (Å²) in [6.07, 6.45) is 0.511. The van der Waals surface area contributed by atoms with Crippen LogP contribution in [0.25, 0.3) is 0 Å². The molecule has 0 bridgehead atoms. The molecule has 0 aliphatic rings. The van der Waals surface area contributed by atoms with Gasteiger partial charge < -0.3 is 15.7 Å². The van der Waals surface area contributed by atoms with Crippen molar-refractivity contribution in [2.75, 3.05) is 11.9 Å². The molecule has 1 aromatic rings. The van der Waals surface area contributed by atoms with Gasteiger partial charge in [0.05, 0.1) is 5.92 Å². The molecule has 1 rings (SSSR count). The molecule has 1 atom stereocenters. The third-order valence-corrected chi connectivity index (χ3v) is 3.08. The summed E-state index contributed by atoms with van der Waals surface area (Å²) in [4.78, 5) is 34.1. The zero-order valence-corrected chi connectivity index (χ0v) is 13.1. The van der Waals surface area contributed by atoms with Crippen LogP contribution in [-0.2, 0) is 9.59 Å². The topological polar surface area (TPSA) is 95.5 Å². The standard InChI is InChI=1S/C16H22N2O4/c1-10(2)8-13(16(21)22)9-17-15(20)12-4-6-14(7-5-12)18-11(3)19/h4-7,10,13H,8-9H2,1-3H3,(H,17,20)(H,18,19)(H,21,22). The van der Waals surface area contributed by atoms with E-state index in [1.165, 1.54) is 6.92 Å². The number of carboxylic acids is 1. The molecule has 6 heteroatoms. The minimum atomic E-state index is -0.907. The highest BCUT2D eigenvalue weighted by Gasteiger charge is 2.19. The molecule has 3 N–H and O–H groups in total. The van der Waals surface area contributed by atoms with Crippen LogP contribution in [0.15, 0.2) is 24.3 Å². The molecule has 120 valence electrons. The first-order valence-corrected chi connectivity index (χ1v) is 7.18. The molecule has 0 fully saturated rings. The van der Waals surface area contributed by atoms with Gasteiger partial charge in [-0.15, -0.1) is 0 Å². The SMILES string of the molecule is CC(=O)Nc1ccc(C(=O)NCC(CC(C)C)C(=O)O)cc1. The maximum Gasteiger partial charge on any atom is 0.308 e. The van der Waals surface area contributed by atoms with E-state index in [0.717, 1.165) is 0 Å². The predicted octanol–water partition coefficient (Wildman–Crippen LogP) is 2.12. The number of amides is 2. The molecule has 0 spiro atoms. The number of rotatable bonds is 7. The van der Waals surface area contributed by atoms with Gasteiger partial charge in [0.15, 0.2) is 0 Å². The molecule has 2 amide bonds. The Morgan fingerprint density at radius 2 is 1.73 bits per heavy atom. The number of carbonyl (C=O) groups excluding carboxylic acids is 2. The summed E-state index contributed by atoms with van der Waals surface area (Å²) < 4.78 is 0. The van der Waals surface area contributed by atoms with Gasteiger partial charge in [0.1, 0.15) is 0 Å². The van der Waals surface area contributed by atoms with E-state index in [1.807, 2.05) is 13.8 Å². The lowest BCUT2D eigenvalue weighted by Crippen LogP contribution is -2.33. The maximum absolute atomic E-state index is 12.0. The third kappa shape index (κ3) is 5.95. The molecule has 0 aliphatic carbocycles. The van der Waals surface area contributed by atoms with Gasteiger partial charge in [-0.3, -0.25) is 14.4 Å². The summed E-state index contributed by atoms with van der Waals surface area (Å²) in [5, 5.41) is 14.4. The number of anilines is 1. The Balaban J connectivity index is 2.60. The summed E-state index contributed by atoms with van der Waals surface area (Å²) >= 11 is 0. The number of carboxylic acid groups (broad SMARTS) is 1. The Labute approximate surface area is 129 Å². The highest BCUT2D eigenvalue weighted by Crippen LogP contribution is 2.12. The molecule has 6 nitrogen and oxygen atoms in total. The molecule has 1 unspecified atom stereocenters. The van der Waals surface area contributed by atoms with Gasteiger partial charge >= 0.3 is 5.97 Å². The first-order chi connectivity index (χ1) is 10.3. The molecule has 0 heterocycles. The van der Waals surface area contributed by atoms with Crippen LogP contribution in [-0.4, -0.2) is 29.4 Å². The fourth-order valence-corrected chi connectivity index (χ4v) is 2.07. The van der Waals surface area contributed by atoms with Gasteiger partial charge in [0.2, 0.25) is 5.91 Å². The van der Waals surface area contributed by atoms with Crippen molar-refractivity contribution in [2.24, 2.45) is 11.8 Å². The zero-order chi connectivity index (χ0) is 16.7. The summed E-state index contributed by atoms with van der Waals surface area (Å²) in [6, 6.07) is 6.41. The molecular formula is C16H22N2O4. The van der Waals surface area contributed by atoms with Gasteiger partial charge in [-0.25, -0.2) is 0 Å². The number of hydrogen-bond donors (Lipinski definition) is 3. The van der Waals surface area contributed by atoms with Crippen molar-refractivity contribution in [1.29, 1.82) is 0 Å². The van der Waals surface area contributed by atoms with Crippen molar-refractivity contribution >= 4 is 23.5 Å². The van der Waals surface area contributed by atoms with Crippen LogP contribution < -0.4 is 10.6 Å². The van der Waals surface area contributed by atoms with E-state index < -0.39 is 11.9 Å². The van der Waals surface area contributed by atoms with Crippen molar-refractivity contribution in [3.8, 4) is 0 Å². The molecule has 0 aliphatic heterocycles. The van der Waals surface area contributed by atoms with E-state index in [1.54, 1.807) is 24.3 Å². The number of carbonyl (C=O) groups is 3. The normalized spacial score (nSPS) is 11.8. The fraction of sp³-hybridized carbons (Fsp3) is 0.438. The van der Waals surface area contributed by atoms with Crippen LogP contribution in [0.4, 0.5) is 5.69 Å². The molecule has 0 saturated heterocycles. The van der Waals surface area contributed by atoms with Crippen LogP contribution in [0.1, 0.15) is 37.6 Å². The summed E-state index contributed by atoms with van der Waals surface area (Å²) in [6.45, 7) is 5.39. The number of benzene rings is 1. The third-order valence-electron chi connectivity index (χ3n) is 3.08. The van der Waals surface area contributed by atoms with Crippen LogP contribution in [0, 0.1) is 11.8 Å². The van der Waals surface area contributed by atoms with Crippen molar-refractivity contribution in [1.82, 2.24) is 5.32 Å². The Morgan fingerprint density at radius 3 is 2.18 bits per heavy atom. The lowest BCUT2D eigenvalue weighted by molar-refractivity contribution is -0.142. The second-order valence-corrected chi connectivity index (χ2v) is 5.63. The van der Waals surface area contributed by atoms with Gasteiger partial charge in [0, 0.05) is 24.7 Å². The lowest BCUT2D eigenvalue weighted by atomic mass is 9.97. The van der Waals surface area contributed by atoms with Crippen LogP contribution >= 0.6 is 0 Å². The average Bonchev–Trinajstić information content (AvgIpc) is 2.42. The first kappa shape index (κ1) is 17.7. The van der Waals surface area contributed by atoms with Crippen molar-refractivity contribution in [2.45, 2.75) is 27.2 Å². The van der Waals surface area contributed by atoms with Crippen LogP contribution in [0.5, 0.6) is 0 Å². The van der Waals surface area contributed by atoms with Crippen LogP contribution in [0.2, 0.25) is 0 Å². The minimum Gasteiger partial charge on any atom is -0.481 e. The smallest absolute Gasteiger partial charge is 0.308 e. The Hall–Kier alpha value is -2.37. The van der Waals surface area contributed by atoms with Gasteiger partial charge in [-0.2, -0.15) is 0 Å². The summed E-state index contributed by atoms with van der Waals surface area (Å²) in [7, 11) is 0. The fourth-order valence-electron chi connectivity index (χ4n) is 2.07. The van der Waals surface area contributed by atoms with E-state index in [9.17, 15) is 14.4 Å². The van der Waals surface area contributed by atoms with E-state index in [-0.39, 0.29) is 24.3 Å². The number of aliphatic carboxylic acids is 1. The maximum atomic E-state index is 12.0. The largest absolute Gasteiger partial charge is 0.481 e. The Bertz CT molecular complexity index is 538. The highest BCUT2D eigenvalue weighted by atomic mass is 16.4. The van der Waals surface area contributed by atoms with E-state index in [4.69, 9.17) is 5.11 Å². The highest BCUT2D eigenvalue weighted by molar-refractivity contribution is 5.95.